The van der Waals surface area contributed by atoms with Crippen molar-refractivity contribution in [1.82, 2.24) is 0 Å². The van der Waals surface area contributed by atoms with Crippen molar-refractivity contribution in [3.8, 4) is 16.9 Å². The second-order valence-corrected chi connectivity index (χ2v) is 8.02. The molecule has 0 aliphatic heterocycles. The van der Waals surface area contributed by atoms with Crippen molar-refractivity contribution in [3.05, 3.63) is 53.1 Å². The van der Waals surface area contributed by atoms with Crippen molar-refractivity contribution in [1.29, 1.82) is 0 Å². The van der Waals surface area contributed by atoms with Crippen molar-refractivity contribution < 1.29 is 14.6 Å². The largest absolute Gasteiger partial charge is 0.493 e. The first-order valence-corrected chi connectivity index (χ1v) is 9.73. The zero-order valence-corrected chi connectivity index (χ0v) is 15.4. The van der Waals surface area contributed by atoms with Gasteiger partial charge in [0.2, 0.25) is 0 Å². The lowest BCUT2D eigenvalue weighted by atomic mass is 9.91. The number of hydrogen-bond acceptors (Lipinski definition) is 2. The van der Waals surface area contributed by atoms with Gasteiger partial charge in [0.05, 0.1) is 12.5 Å². The molecular formula is C22H23ClO3. The third kappa shape index (κ3) is 4.21. The van der Waals surface area contributed by atoms with Crippen LogP contribution < -0.4 is 4.74 Å². The molecule has 0 spiro atoms. The van der Waals surface area contributed by atoms with Gasteiger partial charge in [-0.05, 0) is 60.4 Å². The normalized spacial score (nSPS) is 17.7. The highest BCUT2D eigenvalue weighted by Gasteiger charge is 2.31. The Morgan fingerprint density at radius 1 is 1.08 bits per heavy atom. The molecule has 26 heavy (non-hydrogen) atoms. The first-order chi connectivity index (χ1) is 12.6. The molecule has 136 valence electrons. The summed E-state index contributed by atoms with van der Waals surface area (Å²) in [5.41, 5.74) is 2.86. The summed E-state index contributed by atoms with van der Waals surface area (Å²) in [6.07, 6.45) is 5.46. The minimum atomic E-state index is -0.746. The van der Waals surface area contributed by atoms with Crippen LogP contribution in [0, 0.1) is 11.8 Å². The van der Waals surface area contributed by atoms with Gasteiger partial charge in [0.25, 0.3) is 0 Å². The van der Waals surface area contributed by atoms with Gasteiger partial charge in [-0.3, -0.25) is 4.79 Å². The molecule has 0 heterocycles. The van der Waals surface area contributed by atoms with E-state index in [0.717, 1.165) is 41.7 Å². The average molecular weight is 371 g/mol. The summed E-state index contributed by atoms with van der Waals surface area (Å²) < 4.78 is 6.11. The van der Waals surface area contributed by atoms with E-state index in [1.54, 1.807) is 0 Å². The van der Waals surface area contributed by atoms with Crippen LogP contribution in [0.4, 0.5) is 0 Å². The van der Waals surface area contributed by atoms with Gasteiger partial charge in [-0.25, -0.2) is 0 Å². The summed E-state index contributed by atoms with van der Waals surface area (Å²) in [5.74, 6) is 0.773. The number of aliphatic carboxylic acids is 1. The van der Waals surface area contributed by atoms with Crippen LogP contribution in [0.2, 0.25) is 5.02 Å². The zero-order valence-electron chi connectivity index (χ0n) is 14.7. The lowest BCUT2D eigenvalue weighted by Crippen LogP contribution is -2.13. The number of hydrogen-bond donors (Lipinski definition) is 1. The molecule has 2 aliphatic rings. The van der Waals surface area contributed by atoms with Gasteiger partial charge in [0.1, 0.15) is 5.75 Å². The summed E-state index contributed by atoms with van der Waals surface area (Å²) in [4.78, 5) is 11.8. The fourth-order valence-electron chi connectivity index (χ4n) is 3.30. The third-order valence-corrected chi connectivity index (χ3v) is 5.55. The fraction of sp³-hybridized carbons (Fsp3) is 0.409. The molecule has 1 N–H and O–H groups in total. The zero-order chi connectivity index (χ0) is 18.1. The van der Waals surface area contributed by atoms with Crippen LogP contribution >= 0.6 is 11.6 Å². The predicted octanol–water partition coefficient (Wildman–Crippen LogP) is 5.76. The second kappa shape index (κ2) is 7.32. The number of benzene rings is 2. The lowest BCUT2D eigenvalue weighted by Gasteiger charge is -2.17. The number of ether oxygens (including phenoxy) is 1. The minimum absolute atomic E-state index is 0.454. The second-order valence-electron chi connectivity index (χ2n) is 7.59. The smallest absolute Gasteiger partial charge is 0.310 e. The van der Waals surface area contributed by atoms with E-state index in [2.05, 4.69) is 0 Å². The molecule has 2 aliphatic carbocycles. The molecule has 0 saturated heterocycles. The fourth-order valence-corrected chi connectivity index (χ4v) is 3.43. The van der Waals surface area contributed by atoms with E-state index in [1.807, 2.05) is 42.5 Å². The third-order valence-electron chi connectivity index (χ3n) is 5.30. The molecule has 0 bridgehead atoms. The maximum Gasteiger partial charge on any atom is 0.310 e. The highest BCUT2D eigenvalue weighted by atomic mass is 35.5. The van der Waals surface area contributed by atoms with Crippen molar-refractivity contribution in [2.24, 2.45) is 11.8 Å². The number of rotatable bonds is 8. The highest BCUT2D eigenvalue weighted by Crippen LogP contribution is 2.41. The van der Waals surface area contributed by atoms with E-state index in [0.29, 0.717) is 23.5 Å². The van der Waals surface area contributed by atoms with Crippen LogP contribution in [-0.4, -0.2) is 17.7 Å². The summed E-state index contributed by atoms with van der Waals surface area (Å²) in [5, 5.41) is 10.4. The van der Waals surface area contributed by atoms with Crippen molar-refractivity contribution >= 4 is 17.6 Å². The van der Waals surface area contributed by atoms with Crippen LogP contribution in [-0.2, 0) is 4.79 Å². The summed E-state index contributed by atoms with van der Waals surface area (Å²) in [6, 6.07) is 13.5. The Hall–Kier alpha value is -2.00. The van der Waals surface area contributed by atoms with E-state index >= 15 is 0 Å². The SMILES string of the molecule is O=C(O)C(CC1CC1)c1ccc(-c2ccc(Cl)cc2)c(OCC2CC2)c1. The molecule has 1 unspecified atom stereocenters. The summed E-state index contributed by atoms with van der Waals surface area (Å²) in [6.45, 7) is 0.699. The Kier molecular flexibility index (Phi) is 4.90. The maximum atomic E-state index is 11.8. The number of halogens is 1. The Labute approximate surface area is 158 Å². The van der Waals surface area contributed by atoms with Crippen LogP contribution in [0.1, 0.15) is 43.6 Å². The molecule has 4 heteroatoms. The average Bonchev–Trinajstić information content (AvgIpc) is 3.54. The number of carbonyl (C=O) groups is 1. The maximum absolute atomic E-state index is 11.8. The van der Waals surface area contributed by atoms with E-state index in [1.165, 1.54) is 12.8 Å². The van der Waals surface area contributed by atoms with E-state index in [-0.39, 0.29) is 0 Å². The molecule has 3 nitrogen and oxygen atoms in total. The van der Waals surface area contributed by atoms with Gasteiger partial charge < -0.3 is 9.84 Å². The van der Waals surface area contributed by atoms with Gasteiger partial charge >= 0.3 is 5.97 Å². The quantitative estimate of drug-likeness (QED) is 0.642. The molecule has 2 aromatic rings. The Morgan fingerprint density at radius 2 is 1.77 bits per heavy atom. The van der Waals surface area contributed by atoms with Gasteiger partial charge in [-0.1, -0.05) is 48.7 Å². The molecule has 0 radical (unpaired) electrons. The molecular weight excluding hydrogens is 348 g/mol. The molecule has 0 amide bonds. The Morgan fingerprint density at radius 3 is 2.38 bits per heavy atom. The van der Waals surface area contributed by atoms with Gasteiger partial charge in [0, 0.05) is 10.6 Å². The monoisotopic (exact) mass is 370 g/mol. The van der Waals surface area contributed by atoms with E-state index in [4.69, 9.17) is 16.3 Å². The lowest BCUT2D eigenvalue weighted by molar-refractivity contribution is -0.139. The summed E-state index contributed by atoms with van der Waals surface area (Å²) in [7, 11) is 0. The van der Waals surface area contributed by atoms with Crippen LogP contribution in [0.15, 0.2) is 42.5 Å². The predicted molar refractivity (Wildman–Crippen MR) is 103 cm³/mol. The minimum Gasteiger partial charge on any atom is -0.493 e. The van der Waals surface area contributed by atoms with Crippen LogP contribution in [0.3, 0.4) is 0 Å². The van der Waals surface area contributed by atoms with Crippen LogP contribution in [0.25, 0.3) is 11.1 Å². The van der Waals surface area contributed by atoms with Crippen molar-refractivity contribution in [2.75, 3.05) is 6.61 Å². The molecule has 2 fully saturated rings. The standard InChI is InChI=1S/C22H23ClO3/c23-18-8-5-16(6-9-18)19-10-7-17(12-21(19)26-13-15-3-4-15)20(22(24)25)11-14-1-2-14/h5-10,12,14-15,20H,1-4,11,13H2,(H,24,25). The first-order valence-electron chi connectivity index (χ1n) is 9.35. The van der Waals surface area contributed by atoms with Crippen molar-refractivity contribution in [2.45, 2.75) is 38.0 Å². The molecule has 2 aromatic carbocycles. The molecule has 2 saturated carbocycles. The molecule has 4 rings (SSSR count). The van der Waals surface area contributed by atoms with Crippen LogP contribution in [0.5, 0.6) is 5.75 Å². The van der Waals surface area contributed by atoms with Gasteiger partial charge in [0.15, 0.2) is 0 Å². The summed E-state index contributed by atoms with van der Waals surface area (Å²) >= 11 is 6.01. The highest BCUT2D eigenvalue weighted by molar-refractivity contribution is 6.30. The van der Waals surface area contributed by atoms with E-state index in [9.17, 15) is 9.90 Å². The van der Waals surface area contributed by atoms with Crippen molar-refractivity contribution in [3.63, 3.8) is 0 Å². The first kappa shape index (κ1) is 17.4. The Balaban J connectivity index is 1.66. The molecule has 0 aromatic heterocycles. The topological polar surface area (TPSA) is 46.5 Å². The number of carboxylic acids is 1. The number of carboxylic acid groups (broad SMARTS) is 1. The molecule has 1 atom stereocenters. The van der Waals surface area contributed by atoms with E-state index < -0.39 is 11.9 Å². The Bertz CT molecular complexity index is 792. The van der Waals surface area contributed by atoms with Gasteiger partial charge in [-0.15, -0.1) is 0 Å². The van der Waals surface area contributed by atoms with Gasteiger partial charge in [-0.2, -0.15) is 0 Å².